The Bertz CT molecular complexity index is 651. The molecule has 1 fully saturated rings. The van der Waals surface area contributed by atoms with Gasteiger partial charge in [0, 0.05) is 50.9 Å². The fourth-order valence-corrected chi connectivity index (χ4v) is 3.62. The molecule has 8 heteroatoms. The van der Waals surface area contributed by atoms with Crippen molar-refractivity contribution in [3.8, 4) is 11.5 Å². The Hall–Kier alpha value is -1.26. The van der Waals surface area contributed by atoms with Crippen LogP contribution in [0.4, 0.5) is 0 Å². The number of nitrogens with zero attached hydrogens (tertiary/aromatic N) is 3. The monoisotopic (exact) mass is 534 g/mol. The topological polar surface area (TPSA) is 58.6 Å². The van der Waals surface area contributed by atoms with Gasteiger partial charge < -0.3 is 24.4 Å². The number of morpholine rings is 1. The van der Waals surface area contributed by atoms with Crippen LogP contribution in [0.15, 0.2) is 23.2 Å². The number of hydrogen-bond donors (Lipinski definition) is 1. The summed E-state index contributed by atoms with van der Waals surface area (Å²) >= 11 is 0. The van der Waals surface area contributed by atoms with Crippen LogP contribution in [0.3, 0.4) is 0 Å². The van der Waals surface area contributed by atoms with E-state index in [-0.39, 0.29) is 24.0 Å². The molecular formula is C22H39IN4O3. The van der Waals surface area contributed by atoms with E-state index in [4.69, 9.17) is 19.2 Å². The normalized spacial score (nSPS) is 16.0. The van der Waals surface area contributed by atoms with Crippen molar-refractivity contribution in [3.05, 3.63) is 23.8 Å². The van der Waals surface area contributed by atoms with Crippen molar-refractivity contribution in [1.29, 1.82) is 0 Å². The largest absolute Gasteiger partial charge is 0.497 e. The van der Waals surface area contributed by atoms with Crippen LogP contribution in [0.1, 0.15) is 26.3 Å². The molecule has 0 amide bonds. The van der Waals surface area contributed by atoms with Crippen LogP contribution in [0.5, 0.6) is 11.5 Å². The summed E-state index contributed by atoms with van der Waals surface area (Å²) in [5.41, 5.74) is 1.09. The lowest BCUT2D eigenvalue weighted by Gasteiger charge is -2.36. The summed E-state index contributed by atoms with van der Waals surface area (Å²) < 4.78 is 16.4. The van der Waals surface area contributed by atoms with Crippen molar-refractivity contribution >= 4 is 29.9 Å². The Morgan fingerprint density at radius 3 is 2.50 bits per heavy atom. The molecule has 1 aromatic rings. The van der Waals surface area contributed by atoms with Gasteiger partial charge in [-0.05, 0) is 25.0 Å². The number of hydrogen-bond acceptors (Lipinski definition) is 5. The molecule has 1 heterocycles. The lowest BCUT2D eigenvalue weighted by Crippen LogP contribution is -2.48. The summed E-state index contributed by atoms with van der Waals surface area (Å²) in [6.45, 7) is 12.5. The summed E-state index contributed by atoms with van der Waals surface area (Å²) in [7, 11) is 5.41. The summed E-state index contributed by atoms with van der Waals surface area (Å²) in [5.74, 6) is 3.05. The lowest BCUT2D eigenvalue weighted by molar-refractivity contribution is 0.00863. The molecule has 1 atom stereocenters. The van der Waals surface area contributed by atoms with Crippen LogP contribution in [0.2, 0.25) is 0 Å². The Morgan fingerprint density at radius 2 is 1.93 bits per heavy atom. The van der Waals surface area contributed by atoms with E-state index in [0.29, 0.717) is 18.5 Å². The van der Waals surface area contributed by atoms with Crippen LogP contribution < -0.4 is 14.8 Å². The zero-order valence-corrected chi connectivity index (χ0v) is 21.6. The van der Waals surface area contributed by atoms with Gasteiger partial charge in [-0.3, -0.25) is 9.89 Å². The van der Waals surface area contributed by atoms with Crippen molar-refractivity contribution in [3.63, 3.8) is 0 Å². The third-order valence-electron chi connectivity index (χ3n) is 5.31. The van der Waals surface area contributed by atoms with Gasteiger partial charge in [0.05, 0.1) is 34.0 Å². The molecule has 0 spiro atoms. The van der Waals surface area contributed by atoms with E-state index in [1.54, 1.807) is 14.2 Å². The predicted octanol–water partition coefficient (Wildman–Crippen LogP) is 3.08. The molecule has 1 saturated heterocycles. The molecule has 0 bridgehead atoms. The molecule has 1 aliphatic rings. The summed E-state index contributed by atoms with van der Waals surface area (Å²) in [5, 5.41) is 3.43. The first-order chi connectivity index (χ1) is 14.0. The number of aliphatic imine (C=N–C) groups is 1. The molecule has 7 nitrogen and oxygen atoms in total. The fraction of sp³-hybridized carbons (Fsp3) is 0.682. The minimum absolute atomic E-state index is 0. The molecular weight excluding hydrogens is 495 g/mol. The van der Waals surface area contributed by atoms with E-state index in [1.807, 2.05) is 18.2 Å². The number of nitrogens with one attached hydrogen (secondary N) is 1. The first-order valence-electron chi connectivity index (χ1n) is 10.5. The maximum atomic E-state index is 5.55. The molecule has 0 radical (unpaired) electrons. The number of rotatable bonds is 9. The number of methoxy groups -OCH3 is 2. The van der Waals surface area contributed by atoms with E-state index in [0.717, 1.165) is 62.4 Å². The van der Waals surface area contributed by atoms with E-state index in [9.17, 15) is 0 Å². The van der Waals surface area contributed by atoms with E-state index in [1.165, 1.54) is 0 Å². The van der Waals surface area contributed by atoms with Crippen LogP contribution in [0, 0.1) is 5.92 Å². The van der Waals surface area contributed by atoms with Gasteiger partial charge >= 0.3 is 0 Å². The van der Waals surface area contributed by atoms with Crippen LogP contribution in [0.25, 0.3) is 0 Å². The van der Waals surface area contributed by atoms with Crippen molar-refractivity contribution in [2.75, 3.05) is 60.7 Å². The molecule has 0 aliphatic carbocycles. The number of benzene rings is 1. The average molecular weight is 534 g/mol. The second-order valence-corrected chi connectivity index (χ2v) is 7.69. The number of guanidine groups is 1. The van der Waals surface area contributed by atoms with Crippen molar-refractivity contribution < 1.29 is 14.2 Å². The third kappa shape index (κ3) is 7.77. The fourth-order valence-electron chi connectivity index (χ4n) is 3.62. The van der Waals surface area contributed by atoms with Gasteiger partial charge in [0.25, 0.3) is 0 Å². The average Bonchev–Trinajstić information content (AvgIpc) is 2.73. The number of ether oxygens (including phenoxy) is 3. The summed E-state index contributed by atoms with van der Waals surface area (Å²) in [4.78, 5) is 9.63. The SMILES string of the molecule is CCNC(=NCC(C(C)C)N1CCOCC1)N(C)Cc1ccc(OC)cc1OC.I. The zero-order chi connectivity index (χ0) is 21.2. The van der Waals surface area contributed by atoms with Crippen molar-refractivity contribution in [2.24, 2.45) is 10.9 Å². The lowest BCUT2D eigenvalue weighted by atomic mass is 10.0. The van der Waals surface area contributed by atoms with Gasteiger partial charge in [-0.2, -0.15) is 0 Å². The predicted molar refractivity (Wildman–Crippen MR) is 133 cm³/mol. The Balaban J connectivity index is 0.00000450. The standard InChI is InChI=1S/C22H38N4O3.HI/c1-7-23-22(24-15-20(17(2)3)26-10-12-29-13-11-26)25(4)16-18-8-9-19(27-5)14-21(18)28-6;/h8-9,14,17,20H,7,10-13,15-16H2,1-6H3,(H,23,24);1H. The minimum Gasteiger partial charge on any atom is -0.497 e. The Morgan fingerprint density at radius 1 is 1.23 bits per heavy atom. The van der Waals surface area contributed by atoms with Crippen LogP contribution in [-0.2, 0) is 11.3 Å². The first kappa shape index (κ1) is 26.8. The van der Waals surface area contributed by atoms with E-state index >= 15 is 0 Å². The van der Waals surface area contributed by atoms with Gasteiger partial charge in [0.2, 0.25) is 0 Å². The molecule has 1 unspecified atom stereocenters. The molecule has 2 rings (SSSR count). The van der Waals surface area contributed by atoms with Gasteiger partial charge in [-0.25, -0.2) is 0 Å². The zero-order valence-electron chi connectivity index (χ0n) is 19.3. The molecule has 30 heavy (non-hydrogen) atoms. The molecule has 1 aromatic carbocycles. The highest BCUT2D eigenvalue weighted by atomic mass is 127. The molecule has 172 valence electrons. The van der Waals surface area contributed by atoms with Crippen LogP contribution in [-0.4, -0.2) is 82.5 Å². The highest BCUT2D eigenvalue weighted by molar-refractivity contribution is 14.0. The first-order valence-corrected chi connectivity index (χ1v) is 10.5. The Labute approximate surface area is 199 Å². The van der Waals surface area contributed by atoms with Gasteiger partial charge in [-0.15, -0.1) is 24.0 Å². The highest BCUT2D eigenvalue weighted by Gasteiger charge is 2.24. The van der Waals surface area contributed by atoms with E-state index < -0.39 is 0 Å². The Kier molecular flexibility index (Phi) is 12.4. The van der Waals surface area contributed by atoms with Gasteiger partial charge in [-0.1, -0.05) is 13.8 Å². The van der Waals surface area contributed by atoms with E-state index in [2.05, 4.69) is 42.9 Å². The molecule has 0 saturated carbocycles. The number of halogens is 1. The van der Waals surface area contributed by atoms with Crippen LogP contribution >= 0.6 is 24.0 Å². The minimum atomic E-state index is 0. The van der Waals surface area contributed by atoms with Gasteiger partial charge in [0.1, 0.15) is 11.5 Å². The maximum absolute atomic E-state index is 5.55. The highest BCUT2D eigenvalue weighted by Crippen LogP contribution is 2.25. The summed E-state index contributed by atoms with van der Waals surface area (Å²) in [6.07, 6.45) is 0. The molecule has 1 N–H and O–H groups in total. The molecule has 1 aliphatic heterocycles. The second kappa shape index (κ2) is 13.9. The smallest absolute Gasteiger partial charge is 0.194 e. The quantitative estimate of drug-likeness (QED) is 0.299. The second-order valence-electron chi connectivity index (χ2n) is 7.69. The maximum Gasteiger partial charge on any atom is 0.194 e. The van der Waals surface area contributed by atoms with Gasteiger partial charge in [0.15, 0.2) is 5.96 Å². The third-order valence-corrected chi connectivity index (χ3v) is 5.31. The van der Waals surface area contributed by atoms with Crippen molar-refractivity contribution in [1.82, 2.24) is 15.1 Å². The summed E-state index contributed by atoms with van der Waals surface area (Å²) in [6, 6.07) is 6.34. The van der Waals surface area contributed by atoms with Crippen molar-refractivity contribution in [2.45, 2.75) is 33.4 Å². The molecule has 0 aromatic heterocycles.